The predicted octanol–water partition coefficient (Wildman–Crippen LogP) is 3.93. The van der Waals surface area contributed by atoms with E-state index in [1.165, 1.54) is 0 Å². The van der Waals surface area contributed by atoms with Crippen molar-refractivity contribution in [3.63, 3.8) is 0 Å². The fourth-order valence-corrected chi connectivity index (χ4v) is 3.90. The summed E-state index contributed by atoms with van der Waals surface area (Å²) in [5.74, 6) is 0.276. The fraction of sp³-hybridized carbons (Fsp3) is 0.444. The summed E-state index contributed by atoms with van der Waals surface area (Å²) < 4.78 is 10.6. The minimum Gasteiger partial charge on any atom is -0.497 e. The number of methoxy groups -OCH3 is 1. The first kappa shape index (κ1) is 26.1. The van der Waals surface area contributed by atoms with Crippen LogP contribution in [0, 0.1) is 5.92 Å². The summed E-state index contributed by atoms with van der Waals surface area (Å²) in [5.41, 5.74) is 0.616. The van der Waals surface area contributed by atoms with Crippen molar-refractivity contribution in [2.45, 2.75) is 45.3 Å². The van der Waals surface area contributed by atoms with Crippen LogP contribution in [0.3, 0.4) is 0 Å². The smallest absolute Gasteiger partial charge is 0.410 e. The maximum Gasteiger partial charge on any atom is 0.410 e. The molecule has 1 aliphatic rings. The van der Waals surface area contributed by atoms with E-state index in [0.717, 1.165) is 12.8 Å². The van der Waals surface area contributed by atoms with Gasteiger partial charge in [-0.05, 0) is 69.4 Å². The van der Waals surface area contributed by atoms with E-state index in [1.807, 2.05) is 51.1 Å². The van der Waals surface area contributed by atoms with Crippen LogP contribution in [0.4, 0.5) is 4.79 Å². The van der Waals surface area contributed by atoms with Crippen LogP contribution in [-0.2, 0) is 9.53 Å². The van der Waals surface area contributed by atoms with Gasteiger partial charge in [-0.1, -0.05) is 30.3 Å². The summed E-state index contributed by atoms with van der Waals surface area (Å²) in [5, 5.41) is 5.86. The number of rotatable bonds is 7. The van der Waals surface area contributed by atoms with E-state index in [0.29, 0.717) is 36.5 Å². The highest BCUT2D eigenvalue weighted by Gasteiger charge is 2.28. The number of hydrogen-bond donors (Lipinski definition) is 2. The van der Waals surface area contributed by atoms with Crippen LogP contribution in [0.5, 0.6) is 5.75 Å². The Labute approximate surface area is 207 Å². The molecule has 1 saturated heterocycles. The molecule has 3 rings (SSSR count). The maximum absolute atomic E-state index is 13.2. The van der Waals surface area contributed by atoms with Crippen LogP contribution < -0.4 is 15.4 Å². The Morgan fingerprint density at radius 2 is 1.63 bits per heavy atom. The molecule has 0 bridgehead atoms. The average Bonchev–Trinajstić information content (AvgIpc) is 2.85. The number of carbonyl (C=O) groups excluding carboxylic acids is 3. The van der Waals surface area contributed by atoms with Crippen LogP contribution in [0.2, 0.25) is 0 Å². The molecule has 0 aromatic heterocycles. The van der Waals surface area contributed by atoms with Gasteiger partial charge in [0.2, 0.25) is 5.91 Å². The number of piperidine rings is 1. The van der Waals surface area contributed by atoms with Gasteiger partial charge in [-0.25, -0.2) is 4.79 Å². The fourth-order valence-electron chi connectivity index (χ4n) is 3.90. The zero-order chi connectivity index (χ0) is 25.4. The zero-order valence-electron chi connectivity index (χ0n) is 20.9. The number of nitrogens with zero attached hydrogens (tertiary/aromatic N) is 1. The number of likely N-dealkylation sites (tertiary alicyclic amines) is 1. The van der Waals surface area contributed by atoms with E-state index < -0.39 is 11.6 Å². The Morgan fingerprint density at radius 1 is 1.00 bits per heavy atom. The van der Waals surface area contributed by atoms with Crippen LogP contribution in [0.25, 0.3) is 0 Å². The van der Waals surface area contributed by atoms with Gasteiger partial charge < -0.3 is 25.0 Å². The van der Waals surface area contributed by atoms with E-state index in [2.05, 4.69) is 10.6 Å². The molecule has 1 atom stereocenters. The van der Waals surface area contributed by atoms with E-state index in [4.69, 9.17) is 9.47 Å². The molecule has 0 saturated carbocycles. The lowest BCUT2D eigenvalue weighted by atomic mass is 9.96. The highest BCUT2D eigenvalue weighted by atomic mass is 16.6. The Hall–Kier alpha value is -3.55. The van der Waals surface area contributed by atoms with E-state index in [1.54, 1.807) is 36.3 Å². The molecular formula is C27H35N3O5. The molecule has 1 heterocycles. The second kappa shape index (κ2) is 11.7. The van der Waals surface area contributed by atoms with Gasteiger partial charge in [0.25, 0.3) is 5.91 Å². The van der Waals surface area contributed by atoms with Crippen molar-refractivity contribution < 1.29 is 23.9 Å². The topological polar surface area (TPSA) is 97.0 Å². The van der Waals surface area contributed by atoms with E-state index in [-0.39, 0.29) is 23.8 Å². The first-order valence-electron chi connectivity index (χ1n) is 11.9. The third-order valence-electron chi connectivity index (χ3n) is 5.85. The quantitative estimate of drug-likeness (QED) is 0.625. The van der Waals surface area contributed by atoms with Crippen molar-refractivity contribution in [2.24, 2.45) is 5.92 Å². The lowest BCUT2D eigenvalue weighted by molar-refractivity contribution is -0.123. The number of nitrogens with one attached hydrogen (secondary N) is 2. The Balaban J connectivity index is 1.58. The molecule has 2 aromatic carbocycles. The largest absolute Gasteiger partial charge is 0.497 e. The molecule has 0 radical (unpaired) electrons. The van der Waals surface area contributed by atoms with Gasteiger partial charge >= 0.3 is 6.09 Å². The predicted molar refractivity (Wildman–Crippen MR) is 133 cm³/mol. The van der Waals surface area contributed by atoms with Crippen molar-refractivity contribution in [1.82, 2.24) is 15.5 Å². The minimum absolute atomic E-state index is 0.242. The number of carbonyl (C=O) groups is 3. The molecule has 1 aliphatic heterocycles. The first-order chi connectivity index (χ1) is 16.7. The van der Waals surface area contributed by atoms with Crippen molar-refractivity contribution in [3.8, 4) is 5.75 Å². The van der Waals surface area contributed by atoms with E-state index in [9.17, 15) is 14.4 Å². The SMILES string of the molecule is COc1ccc(C(=O)N[C@@H](C(=O)NCC2CCN(C(=O)OC(C)(C)C)CC2)c2ccccc2)cc1. The maximum atomic E-state index is 13.2. The molecule has 2 N–H and O–H groups in total. The van der Waals surface area contributed by atoms with Gasteiger partial charge in [-0.15, -0.1) is 0 Å². The average molecular weight is 482 g/mol. The molecule has 3 amide bonds. The summed E-state index contributed by atoms with van der Waals surface area (Å²) in [6, 6.07) is 15.1. The molecule has 35 heavy (non-hydrogen) atoms. The van der Waals surface area contributed by atoms with Crippen molar-refractivity contribution in [1.29, 1.82) is 0 Å². The summed E-state index contributed by atoms with van der Waals surface area (Å²) in [4.78, 5) is 40.0. The molecule has 1 fully saturated rings. The minimum atomic E-state index is -0.826. The number of benzene rings is 2. The highest BCUT2D eigenvalue weighted by Crippen LogP contribution is 2.20. The summed E-state index contributed by atoms with van der Waals surface area (Å²) >= 11 is 0. The highest BCUT2D eigenvalue weighted by molar-refractivity contribution is 5.98. The number of amides is 3. The van der Waals surface area contributed by atoms with Crippen molar-refractivity contribution in [3.05, 3.63) is 65.7 Å². The number of hydrogen-bond acceptors (Lipinski definition) is 5. The molecule has 8 heteroatoms. The van der Waals surface area contributed by atoms with Crippen LogP contribution >= 0.6 is 0 Å². The second-order valence-electron chi connectivity index (χ2n) is 9.70. The van der Waals surface area contributed by atoms with Gasteiger partial charge in [0.1, 0.15) is 17.4 Å². The molecule has 0 spiro atoms. The molecule has 2 aromatic rings. The van der Waals surface area contributed by atoms with Crippen LogP contribution in [0.15, 0.2) is 54.6 Å². The van der Waals surface area contributed by atoms with Gasteiger partial charge in [0.15, 0.2) is 0 Å². The Bertz CT molecular complexity index is 994. The third kappa shape index (κ3) is 7.73. The second-order valence-corrected chi connectivity index (χ2v) is 9.70. The third-order valence-corrected chi connectivity index (χ3v) is 5.85. The van der Waals surface area contributed by atoms with E-state index >= 15 is 0 Å². The lowest BCUT2D eigenvalue weighted by Crippen LogP contribution is -2.45. The first-order valence-corrected chi connectivity index (χ1v) is 11.9. The summed E-state index contributed by atoms with van der Waals surface area (Å²) in [6.45, 7) is 7.21. The lowest BCUT2D eigenvalue weighted by Gasteiger charge is -2.33. The van der Waals surface area contributed by atoms with Crippen LogP contribution in [0.1, 0.15) is 55.6 Å². The van der Waals surface area contributed by atoms with Gasteiger partial charge in [0, 0.05) is 25.2 Å². The molecule has 8 nitrogen and oxygen atoms in total. The zero-order valence-corrected chi connectivity index (χ0v) is 20.9. The van der Waals surface area contributed by atoms with Gasteiger partial charge in [-0.3, -0.25) is 9.59 Å². The van der Waals surface area contributed by atoms with Crippen LogP contribution in [-0.4, -0.2) is 55.2 Å². The number of ether oxygens (including phenoxy) is 2. The summed E-state index contributed by atoms with van der Waals surface area (Å²) in [7, 11) is 1.56. The van der Waals surface area contributed by atoms with Gasteiger partial charge in [0.05, 0.1) is 7.11 Å². The standard InChI is InChI=1S/C27H35N3O5/c1-27(2,3)35-26(33)30-16-14-19(15-17-30)18-28-25(32)23(20-8-6-5-7-9-20)29-24(31)21-10-12-22(34-4)13-11-21/h5-13,19,23H,14-18H2,1-4H3,(H,28,32)(H,29,31)/t23-/m1/s1. The molecule has 0 unspecified atom stereocenters. The Morgan fingerprint density at radius 3 is 2.20 bits per heavy atom. The van der Waals surface area contributed by atoms with Crippen molar-refractivity contribution in [2.75, 3.05) is 26.7 Å². The van der Waals surface area contributed by atoms with Gasteiger partial charge in [-0.2, -0.15) is 0 Å². The molecular weight excluding hydrogens is 446 g/mol. The molecule has 0 aliphatic carbocycles. The molecule has 188 valence electrons. The van der Waals surface area contributed by atoms with Crippen molar-refractivity contribution >= 4 is 17.9 Å². The monoisotopic (exact) mass is 481 g/mol. The summed E-state index contributed by atoms with van der Waals surface area (Å²) in [6.07, 6.45) is 1.24. The Kier molecular flexibility index (Phi) is 8.73. The normalized spacial score (nSPS) is 15.1.